The minimum absolute atomic E-state index is 0.236. The fraction of sp³-hybridized carbons (Fsp3) is 0.133. The molecule has 0 aliphatic rings. The molecular weight excluding hydrogens is 309 g/mol. The Bertz CT molecular complexity index is 605. The summed E-state index contributed by atoms with van der Waals surface area (Å²) >= 11 is 3.37. The number of ether oxygens (including phenoxy) is 1. The Hall–Kier alpha value is -1.86. The molecule has 19 heavy (non-hydrogen) atoms. The van der Waals surface area contributed by atoms with E-state index in [2.05, 4.69) is 15.9 Å². The van der Waals surface area contributed by atoms with Crippen molar-refractivity contribution in [2.75, 3.05) is 0 Å². The van der Waals surface area contributed by atoms with Crippen LogP contribution in [0.5, 0.6) is 5.75 Å². The van der Waals surface area contributed by atoms with Gasteiger partial charge in [0.05, 0.1) is 11.6 Å². The zero-order valence-corrected chi connectivity index (χ0v) is 11.7. The predicted octanol–water partition coefficient (Wildman–Crippen LogP) is 4.17. The van der Waals surface area contributed by atoms with Crippen LogP contribution in [0.3, 0.4) is 0 Å². The van der Waals surface area contributed by atoms with Gasteiger partial charge < -0.3 is 4.74 Å². The Morgan fingerprint density at radius 2 is 1.84 bits per heavy atom. The van der Waals surface area contributed by atoms with E-state index in [0.29, 0.717) is 16.9 Å². The van der Waals surface area contributed by atoms with Crippen molar-refractivity contribution in [1.29, 1.82) is 5.26 Å². The Morgan fingerprint density at radius 1 is 1.11 bits per heavy atom. The lowest BCUT2D eigenvalue weighted by Gasteiger charge is -2.07. The summed E-state index contributed by atoms with van der Waals surface area (Å²) in [5.41, 5.74) is 2.10. The van der Waals surface area contributed by atoms with Crippen LogP contribution in [0.4, 0.5) is 4.39 Å². The maximum absolute atomic E-state index is 13.2. The van der Waals surface area contributed by atoms with Crippen LogP contribution in [0.25, 0.3) is 0 Å². The second-order valence-corrected chi connectivity index (χ2v) is 4.59. The van der Waals surface area contributed by atoms with Gasteiger partial charge in [-0.2, -0.15) is 5.26 Å². The first-order chi connectivity index (χ1) is 9.21. The second kappa shape index (κ2) is 6.35. The first-order valence-electron chi connectivity index (χ1n) is 5.68. The van der Waals surface area contributed by atoms with Crippen molar-refractivity contribution < 1.29 is 9.13 Å². The summed E-state index contributed by atoms with van der Waals surface area (Å²) in [5, 5.41) is 9.56. The molecule has 0 fully saturated rings. The standard InChI is InChI=1S/C15H11BrFNO/c16-8-11-1-3-15(4-2-11)19-10-13-5-12(9-18)6-14(17)7-13/h1-7H,8,10H2. The van der Waals surface area contributed by atoms with Crippen LogP contribution in [0.2, 0.25) is 0 Å². The molecule has 0 aromatic heterocycles. The van der Waals surface area contributed by atoms with Gasteiger partial charge in [0.25, 0.3) is 0 Å². The minimum Gasteiger partial charge on any atom is -0.489 e. The van der Waals surface area contributed by atoms with Gasteiger partial charge in [-0.15, -0.1) is 0 Å². The van der Waals surface area contributed by atoms with Crippen LogP contribution >= 0.6 is 15.9 Å². The van der Waals surface area contributed by atoms with E-state index in [1.807, 2.05) is 30.3 Å². The highest BCUT2D eigenvalue weighted by atomic mass is 79.9. The molecule has 0 N–H and O–H groups in total. The van der Waals surface area contributed by atoms with E-state index in [1.165, 1.54) is 12.1 Å². The van der Waals surface area contributed by atoms with Crippen molar-refractivity contribution in [2.24, 2.45) is 0 Å². The average molecular weight is 320 g/mol. The van der Waals surface area contributed by atoms with Crippen molar-refractivity contribution in [3.8, 4) is 11.8 Å². The van der Waals surface area contributed by atoms with Crippen molar-refractivity contribution >= 4 is 15.9 Å². The Kier molecular flexibility index (Phi) is 4.53. The maximum atomic E-state index is 13.2. The number of rotatable bonds is 4. The largest absolute Gasteiger partial charge is 0.489 e. The maximum Gasteiger partial charge on any atom is 0.124 e. The summed E-state index contributed by atoms with van der Waals surface area (Å²) in [5.74, 6) is 0.291. The van der Waals surface area contributed by atoms with Crippen molar-refractivity contribution in [2.45, 2.75) is 11.9 Å². The first kappa shape index (κ1) is 13.6. The Labute approximate surface area is 119 Å². The number of benzene rings is 2. The molecule has 2 aromatic rings. The molecule has 0 aliphatic carbocycles. The van der Waals surface area contributed by atoms with Gasteiger partial charge in [-0.1, -0.05) is 28.1 Å². The lowest BCUT2D eigenvalue weighted by molar-refractivity contribution is 0.305. The van der Waals surface area contributed by atoms with Crippen molar-refractivity contribution in [1.82, 2.24) is 0 Å². The third-order valence-corrected chi connectivity index (χ3v) is 3.22. The van der Waals surface area contributed by atoms with Gasteiger partial charge in [0.15, 0.2) is 0 Å². The van der Waals surface area contributed by atoms with E-state index in [-0.39, 0.29) is 6.61 Å². The molecule has 0 spiro atoms. The molecule has 2 nitrogen and oxygen atoms in total. The molecule has 0 amide bonds. The third kappa shape index (κ3) is 3.80. The van der Waals surface area contributed by atoms with Crippen LogP contribution in [0.15, 0.2) is 42.5 Å². The summed E-state index contributed by atoms with van der Waals surface area (Å²) in [6.45, 7) is 0.236. The molecule has 96 valence electrons. The van der Waals surface area contributed by atoms with Gasteiger partial charge in [0.2, 0.25) is 0 Å². The van der Waals surface area contributed by atoms with Crippen LogP contribution in [0.1, 0.15) is 16.7 Å². The third-order valence-electron chi connectivity index (χ3n) is 2.57. The van der Waals surface area contributed by atoms with E-state index in [1.54, 1.807) is 6.07 Å². The minimum atomic E-state index is -0.424. The molecule has 4 heteroatoms. The summed E-state index contributed by atoms with van der Waals surface area (Å²) < 4.78 is 18.8. The van der Waals surface area contributed by atoms with E-state index in [0.717, 1.165) is 10.9 Å². The van der Waals surface area contributed by atoms with E-state index in [4.69, 9.17) is 10.00 Å². The van der Waals surface area contributed by atoms with Gasteiger partial charge in [0.1, 0.15) is 18.2 Å². The van der Waals surface area contributed by atoms with Crippen molar-refractivity contribution in [3.05, 3.63) is 65.0 Å². The zero-order valence-electron chi connectivity index (χ0n) is 10.1. The van der Waals surface area contributed by atoms with E-state index in [9.17, 15) is 4.39 Å². The van der Waals surface area contributed by atoms with Crippen LogP contribution in [-0.2, 0) is 11.9 Å². The molecule has 0 saturated heterocycles. The zero-order chi connectivity index (χ0) is 13.7. The molecule has 0 radical (unpaired) electrons. The second-order valence-electron chi connectivity index (χ2n) is 4.03. The Balaban J connectivity index is 2.05. The van der Waals surface area contributed by atoms with Crippen LogP contribution in [-0.4, -0.2) is 0 Å². The van der Waals surface area contributed by atoms with Gasteiger partial charge in [0, 0.05) is 5.33 Å². The highest BCUT2D eigenvalue weighted by Gasteiger charge is 2.02. The molecule has 0 saturated carbocycles. The molecule has 0 unspecified atom stereocenters. The molecule has 0 atom stereocenters. The molecule has 0 heterocycles. The fourth-order valence-electron chi connectivity index (χ4n) is 1.64. The number of hydrogen-bond acceptors (Lipinski definition) is 2. The quantitative estimate of drug-likeness (QED) is 0.792. The Morgan fingerprint density at radius 3 is 2.47 bits per heavy atom. The van der Waals surface area contributed by atoms with Gasteiger partial charge in [-0.3, -0.25) is 0 Å². The molecule has 0 aliphatic heterocycles. The number of alkyl halides is 1. The summed E-state index contributed by atoms with van der Waals surface area (Å²) in [6, 6.07) is 13.7. The average Bonchev–Trinajstić information content (AvgIpc) is 2.45. The van der Waals surface area contributed by atoms with E-state index >= 15 is 0 Å². The predicted molar refractivity (Wildman–Crippen MR) is 74.5 cm³/mol. The SMILES string of the molecule is N#Cc1cc(F)cc(COc2ccc(CBr)cc2)c1. The van der Waals surface area contributed by atoms with Gasteiger partial charge in [-0.05, 0) is 41.5 Å². The highest BCUT2D eigenvalue weighted by Crippen LogP contribution is 2.16. The lowest BCUT2D eigenvalue weighted by Crippen LogP contribution is -1.97. The van der Waals surface area contributed by atoms with Crippen molar-refractivity contribution in [3.63, 3.8) is 0 Å². The molecule has 2 aromatic carbocycles. The summed E-state index contributed by atoms with van der Waals surface area (Å²) in [7, 11) is 0. The number of nitriles is 1. The molecular formula is C15H11BrFNO. The lowest BCUT2D eigenvalue weighted by atomic mass is 10.1. The monoisotopic (exact) mass is 319 g/mol. The van der Waals surface area contributed by atoms with E-state index < -0.39 is 5.82 Å². The smallest absolute Gasteiger partial charge is 0.124 e. The molecule has 2 rings (SSSR count). The summed E-state index contributed by atoms with van der Waals surface area (Å²) in [4.78, 5) is 0. The van der Waals surface area contributed by atoms with Gasteiger partial charge >= 0.3 is 0 Å². The van der Waals surface area contributed by atoms with Crippen LogP contribution < -0.4 is 4.74 Å². The topological polar surface area (TPSA) is 33.0 Å². The highest BCUT2D eigenvalue weighted by molar-refractivity contribution is 9.08. The number of halogens is 2. The van der Waals surface area contributed by atoms with Crippen LogP contribution in [0, 0.1) is 17.1 Å². The first-order valence-corrected chi connectivity index (χ1v) is 6.80. The number of nitrogens with zero attached hydrogens (tertiary/aromatic N) is 1. The normalized spacial score (nSPS) is 9.95. The summed E-state index contributed by atoms with van der Waals surface area (Å²) in [6.07, 6.45) is 0. The number of hydrogen-bond donors (Lipinski definition) is 0. The fourth-order valence-corrected chi connectivity index (χ4v) is 2.01. The van der Waals surface area contributed by atoms with Gasteiger partial charge in [-0.25, -0.2) is 4.39 Å². The molecule has 0 bridgehead atoms.